The van der Waals surface area contributed by atoms with Gasteiger partial charge in [-0.1, -0.05) is 13.3 Å². The van der Waals surface area contributed by atoms with Crippen LogP contribution < -0.4 is 0 Å². The molecule has 1 aliphatic rings. The zero-order chi connectivity index (χ0) is 17.7. The lowest BCUT2D eigenvalue weighted by atomic mass is 9.87. The molecule has 0 aliphatic heterocycles. The number of benzene rings is 2. The molecule has 1 aliphatic carbocycles. The van der Waals surface area contributed by atoms with E-state index in [0.29, 0.717) is 18.4 Å². The van der Waals surface area contributed by atoms with Crippen LogP contribution in [-0.2, 0) is 19.3 Å². The molecule has 0 fully saturated rings. The molecule has 0 amide bonds. The Labute approximate surface area is 143 Å². The maximum atomic E-state index is 14.5. The number of aromatic hydroxyl groups is 1. The fourth-order valence-corrected chi connectivity index (χ4v) is 3.79. The van der Waals surface area contributed by atoms with E-state index in [1.54, 1.807) is 6.07 Å². The van der Waals surface area contributed by atoms with E-state index in [1.807, 2.05) is 6.07 Å². The normalized spacial score (nSPS) is 12.9. The molecule has 0 saturated heterocycles. The Morgan fingerprint density at radius 3 is 2.76 bits per heavy atom. The summed E-state index contributed by atoms with van der Waals surface area (Å²) in [6.07, 6.45) is 3.15. The number of aromatic carboxylic acids is 1. The van der Waals surface area contributed by atoms with Gasteiger partial charge in [0.05, 0.1) is 11.2 Å². The van der Waals surface area contributed by atoms with Crippen molar-refractivity contribution in [1.29, 1.82) is 0 Å². The van der Waals surface area contributed by atoms with Crippen molar-refractivity contribution in [3.63, 3.8) is 0 Å². The van der Waals surface area contributed by atoms with Crippen molar-refractivity contribution in [3.8, 4) is 17.0 Å². The van der Waals surface area contributed by atoms with Crippen LogP contribution in [0.5, 0.6) is 5.75 Å². The second kappa shape index (κ2) is 5.62. The lowest BCUT2D eigenvalue weighted by Gasteiger charge is -2.18. The van der Waals surface area contributed by atoms with Gasteiger partial charge < -0.3 is 15.2 Å². The maximum Gasteiger partial charge on any atom is 0.339 e. The van der Waals surface area contributed by atoms with Gasteiger partial charge in [-0.2, -0.15) is 0 Å². The standard InChI is InChI=1S/C20H18FNO3/c1-2-3-10-6-14-12-5-4-11-8-15(20(24)25)17(23)9-13(11)18(12)22-19(14)16(21)7-10/h6-9,22-23H,2-5H2,1H3,(H,24,25). The predicted molar refractivity (Wildman–Crippen MR) is 93.7 cm³/mol. The predicted octanol–water partition coefficient (Wildman–Crippen LogP) is 4.43. The number of hydrogen-bond donors (Lipinski definition) is 3. The topological polar surface area (TPSA) is 73.3 Å². The average molecular weight is 339 g/mol. The first kappa shape index (κ1) is 15.7. The van der Waals surface area contributed by atoms with Crippen molar-refractivity contribution >= 4 is 16.9 Å². The lowest BCUT2D eigenvalue weighted by molar-refractivity contribution is 0.0693. The number of aromatic nitrogens is 1. The molecule has 0 radical (unpaired) electrons. The fraction of sp³-hybridized carbons (Fsp3) is 0.250. The van der Waals surface area contributed by atoms with Crippen LogP contribution in [0.15, 0.2) is 24.3 Å². The Morgan fingerprint density at radius 1 is 1.24 bits per heavy atom. The second-order valence-electron chi connectivity index (χ2n) is 6.56. The van der Waals surface area contributed by atoms with Crippen molar-refractivity contribution in [2.24, 2.45) is 0 Å². The molecule has 0 saturated carbocycles. The van der Waals surface area contributed by atoms with Gasteiger partial charge in [0.15, 0.2) is 0 Å². The Bertz CT molecular complexity index is 1020. The number of hydrogen-bond acceptors (Lipinski definition) is 2. The Morgan fingerprint density at radius 2 is 2.04 bits per heavy atom. The number of nitrogens with one attached hydrogen (secondary N) is 1. The van der Waals surface area contributed by atoms with Gasteiger partial charge in [0, 0.05) is 10.9 Å². The quantitative estimate of drug-likeness (QED) is 0.661. The minimum atomic E-state index is -1.15. The summed E-state index contributed by atoms with van der Waals surface area (Å²) in [5.41, 5.74) is 4.75. The third-order valence-electron chi connectivity index (χ3n) is 4.93. The summed E-state index contributed by atoms with van der Waals surface area (Å²) in [7, 11) is 0. The summed E-state index contributed by atoms with van der Waals surface area (Å²) < 4.78 is 14.5. The fourth-order valence-electron chi connectivity index (χ4n) is 3.79. The minimum absolute atomic E-state index is 0.102. The van der Waals surface area contributed by atoms with Crippen LogP contribution in [0, 0.1) is 5.82 Å². The van der Waals surface area contributed by atoms with E-state index in [9.17, 15) is 19.4 Å². The van der Waals surface area contributed by atoms with Crippen molar-refractivity contribution in [2.75, 3.05) is 0 Å². The van der Waals surface area contributed by atoms with E-state index >= 15 is 0 Å². The Balaban J connectivity index is 1.95. The largest absolute Gasteiger partial charge is 0.507 e. The summed E-state index contributed by atoms with van der Waals surface area (Å²) in [4.78, 5) is 14.4. The van der Waals surface area contributed by atoms with Crippen LogP contribution in [0.2, 0.25) is 0 Å². The van der Waals surface area contributed by atoms with Gasteiger partial charge in [0.1, 0.15) is 17.1 Å². The summed E-state index contributed by atoms with van der Waals surface area (Å²) in [5.74, 6) is -1.70. The molecule has 4 nitrogen and oxygen atoms in total. The highest BCUT2D eigenvalue weighted by Gasteiger charge is 2.25. The molecule has 0 spiro atoms. The highest BCUT2D eigenvalue weighted by molar-refractivity contribution is 5.96. The smallest absolute Gasteiger partial charge is 0.339 e. The van der Waals surface area contributed by atoms with Crippen LogP contribution in [-0.4, -0.2) is 21.2 Å². The third kappa shape index (κ3) is 2.38. The lowest BCUT2D eigenvalue weighted by Crippen LogP contribution is -2.06. The summed E-state index contributed by atoms with van der Waals surface area (Å²) >= 11 is 0. The number of H-pyrrole nitrogens is 1. The Kier molecular flexibility index (Phi) is 3.53. The molecule has 128 valence electrons. The van der Waals surface area contributed by atoms with Crippen LogP contribution >= 0.6 is 0 Å². The van der Waals surface area contributed by atoms with Gasteiger partial charge in [0.25, 0.3) is 0 Å². The molecule has 3 aromatic rings. The second-order valence-corrected chi connectivity index (χ2v) is 6.56. The monoisotopic (exact) mass is 339 g/mol. The molecular formula is C20H18FNO3. The number of aromatic amines is 1. The number of carboxylic acid groups (broad SMARTS) is 1. The van der Waals surface area contributed by atoms with Crippen LogP contribution in [0.4, 0.5) is 4.39 Å². The molecule has 1 aromatic heterocycles. The van der Waals surface area contributed by atoms with Gasteiger partial charge in [-0.15, -0.1) is 0 Å². The number of fused-ring (bicyclic) bond motifs is 5. The first-order valence-corrected chi connectivity index (χ1v) is 8.42. The highest BCUT2D eigenvalue weighted by atomic mass is 19.1. The number of halogens is 1. The van der Waals surface area contributed by atoms with Gasteiger partial charge in [0.2, 0.25) is 0 Å². The van der Waals surface area contributed by atoms with Gasteiger partial charge in [-0.05, 0) is 60.2 Å². The summed E-state index contributed by atoms with van der Waals surface area (Å²) in [5, 5.41) is 20.1. The van der Waals surface area contributed by atoms with Crippen molar-refractivity contribution in [3.05, 3.63) is 52.3 Å². The highest BCUT2D eigenvalue weighted by Crippen LogP contribution is 2.41. The minimum Gasteiger partial charge on any atom is -0.507 e. The molecule has 4 rings (SSSR count). The van der Waals surface area contributed by atoms with E-state index in [2.05, 4.69) is 11.9 Å². The van der Waals surface area contributed by atoms with E-state index < -0.39 is 5.97 Å². The van der Waals surface area contributed by atoms with E-state index in [-0.39, 0.29) is 17.1 Å². The number of carbonyl (C=O) groups is 1. The maximum absolute atomic E-state index is 14.5. The SMILES string of the molecule is CCCc1cc(F)c2[nH]c3c(c2c1)CCc1cc(C(=O)O)c(O)cc1-3. The van der Waals surface area contributed by atoms with E-state index in [0.717, 1.165) is 46.2 Å². The number of rotatable bonds is 3. The molecule has 1 heterocycles. The van der Waals surface area contributed by atoms with Crippen LogP contribution in [0.3, 0.4) is 0 Å². The molecule has 0 bridgehead atoms. The number of phenols is 1. The van der Waals surface area contributed by atoms with E-state index in [1.165, 1.54) is 12.1 Å². The van der Waals surface area contributed by atoms with E-state index in [4.69, 9.17) is 0 Å². The molecule has 0 unspecified atom stereocenters. The van der Waals surface area contributed by atoms with Gasteiger partial charge in [-0.3, -0.25) is 0 Å². The number of aryl methyl sites for hydroxylation is 3. The number of carboxylic acids is 1. The summed E-state index contributed by atoms with van der Waals surface area (Å²) in [6.45, 7) is 2.06. The van der Waals surface area contributed by atoms with Crippen molar-refractivity contribution in [1.82, 2.24) is 4.98 Å². The van der Waals surface area contributed by atoms with Gasteiger partial charge in [-0.25, -0.2) is 9.18 Å². The summed E-state index contributed by atoms with van der Waals surface area (Å²) in [6, 6.07) is 6.59. The third-order valence-corrected chi connectivity index (χ3v) is 4.93. The Hall–Kier alpha value is -2.82. The van der Waals surface area contributed by atoms with Crippen LogP contribution in [0.1, 0.15) is 40.4 Å². The van der Waals surface area contributed by atoms with Crippen molar-refractivity contribution < 1.29 is 19.4 Å². The first-order valence-electron chi connectivity index (χ1n) is 8.42. The molecule has 2 aromatic carbocycles. The molecule has 3 N–H and O–H groups in total. The van der Waals surface area contributed by atoms with Crippen molar-refractivity contribution in [2.45, 2.75) is 32.6 Å². The molecular weight excluding hydrogens is 321 g/mol. The van der Waals surface area contributed by atoms with Crippen LogP contribution in [0.25, 0.3) is 22.2 Å². The molecule has 0 atom stereocenters. The van der Waals surface area contributed by atoms with Gasteiger partial charge >= 0.3 is 5.97 Å². The first-order chi connectivity index (χ1) is 12.0. The average Bonchev–Trinajstić information content (AvgIpc) is 2.94. The molecule has 5 heteroatoms. The zero-order valence-electron chi connectivity index (χ0n) is 13.8. The zero-order valence-corrected chi connectivity index (χ0v) is 13.8. The molecule has 25 heavy (non-hydrogen) atoms.